The van der Waals surface area contributed by atoms with Gasteiger partial charge >= 0.3 is 0 Å². The van der Waals surface area contributed by atoms with Gasteiger partial charge in [-0.05, 0) is 67.1 Å². The Bertz CT molecular complexity index is 1760. The summed E-state index contributed by atoms with van der Waals surface area (Å²) in [5.74, 6) is 2.07. The minimum atomic E-state index is -0.287. The van der Waals surface area contributed by atoms with E-state index >= 15 is 0 Å². The second-order valence-corrected chi connectivity index (χ2v) is 9.46. The zero-order valence-electron chi connectivity index (χ0n) is 21.3. The van der Waals surface area contributed by atoms with Gasteiger partial charge in [0.15, 0.2) is 11.5 Å². The summed E-state index contributed by atoms with van der Waals surface area (Å²) in [4.78, 5) is 22.8. The van der Waals surface area contributed by atoms with E-state index in [1.54, 1.807) is 9.42 Å². The third-order valence-electron chi connectivity index (χ3n) is 7.02. The molecule has 194 valence electrons. The molecule has 1 N–H and O–H groups in total. The highest BCUT2D eigenvalue weighted by Crippen LogP contribution is 2.35. The van der Waals surface area contributed by atoms with E-state index in [0.29, 0.717) is 30.3 Å². The van der Waals surface area contributed by atoms with E-state index in [1.165, 1.54) is 12.7 Å². The first kappa shape index (κ1) is 24.1. The number of carbonyl (C=O) groups is 1. The molecule has 4 aromatic heterocycles. The maximum Gasteiger partial charge on any atom is 0.263 e. The molecule has 0 aliphatic carbocycles. The summed E-state index contributed by atoms with van der Waals surface area (Å²) in [7, 11) is 0. The zero-order chi connectivity index (χ0) is 26.9. The molecular formula is C28H25N9O2. The smallest absolute Gasteiger partial charge is 0.263 e. The van der Waals surface area contributed by atoms with Crippen molar-refractivity contribution in [2.75, 3.05) is 18.4 Å². The number of aryl methyl sites for hydroxylation is 1. The van der Waals surface area contributed by atoms with Crippen molar-refractivity contribution in [3.63, 3.8) is 0 Å². The lowest BCUT2D eigenvalue weighted by Crippen LogP contribution is -2.38. The number of nitrogens with zero attached hydrogens (tertiary/aromatic N) is 8. The highest BCUT2D eigenvalue weighted by molar-refractivity contribution is 5.96. The van der Waals surface area contributed by atoms with Crippen LogP contribution >= 0.6 is 0 Å². The number of benzene rings is 1. The van der Waals surface area contributed by atoms with E-state index in [0.717, 1.165) is 40.9 Å². The fourth-order valence-electron chi connectivity index (χ4n) is 5.00. The molecule has 1 aliphatic heterocycles. The predicted octanol–water partition coefficient (Wildman–Crippen LogP) is 4.40. The Balaban J connectivity index is 1.20. The molecule has 6 rings (SSSR count). The maximum absolute atomic E-state index is 12.3. The molecule has 5 aromatic rings. The third kappa shape index (κ3) is 4.64. The highest BCUT2D eigenvalue weighted by atomic mass is 16.5. The number of amides is 1. The Labute approximate surface area is 224 Å². The number of nitriles is 1. The monoisotopic (exact) mass is 519 g/mol. The molecule has 0 bridgehead atoms. The molecule has 1 saturated heterocycles. The summed E-state index contributed by atoms with van der Waals surface area (Å²) in [5, 5.41) is 21.0. The summed E-state index contributed by atoms with van der Waals surface area (Å²) < 4.78 is 9.61. The van der Waals surface area contributed by atoms with Gasteiger partial charge in [-0.15, -0.1) is 0 Å². The van der Waals surface area contributed by atoms with Crippen molar-refractivity contribution in [3.8, 4) is 17.6 Å². The van der Waals surface area contributed by atoms with Gasteiger partial charge in [-0.2, -0.15) is 15.5 Å². The average Bonchev–Trinajstić information content (AvgIpc) is 3.61. The summed E-state index contributed by atoms with van der Waals surface area (Å²) in [6.45, 7) is 6.69. The molecular weight excluding hydrogens is 494 g/mol. The molecule has 1 amide bonds. The van der Waals surface area contributed by atoms with Crippen molar-refractivity contribution in [1.29, 1.82) is 5.26 Å². The van der Waals surface area contributed by atoms with E-state index < -0.39 is 0 Å². The van der Waals surface area contributed by atoms with Crippen LogP contribution in [0.1, 0.15) is 29.9 Å². The van der Waals surface area contributed by atoms with E-state index in [1.807, 2.05) is 60.2 Å². The predicted molar refractivity (Wildman–Crippen MR) is 144 cm³/mol. The molecule has 5 heterocycles. The van der Waals surface area contributed by atoms with Crippen molar-refractivity contribution < 1.29 is 9.53 Å². The number of piperidine rings is 1. The minimum Gasteiger partial charge on any atom is -0.457 e. The summed E-state index contributed by atoms with van der Waals surface area (Å²) >= 11 is 0. The lowest BCUT2D eigenvalue weighted by atomic mass is 9.89. The fraction of sp³-hybridized carbons (Fsp3) is 0.214. The molecule has 0 saturated carbocycles. The topological polar surface area (TPSA) is 126 Å². The summed E-state index contributed by atoms with van der Waals surface area (Å²) in [5.41, 5.74) is 4.55. The second-order valence-electron chi connectivity index (χ2n) is 9.46. The van der Waals surface area contributed by atoms with Gasteiger partial charge in [0.05, 0.1) is 0 Å². The molecule has 39 heavy (non-hydrogen) atoms. The SMILES string of the molecule is C=C(C#N)C(=O)N1CCC(c2ccn3ncnc(Nc4ccc(Oc5ccn6ncnc6c5)c(C)c4)c23)CC1. The fourth-order valence-corrected chi connectivity index (χ4v) is 5.00. The molecule has 1 fully saturated rings. The molecule has 0 radical (unpaired) electrons. The minimum absolute atomic E-state index is 0.0224. The molecule has 0 unspecified atom stereocenters. The van der Waals surface area contributed by atoms with Crippen LogP contribution in [0.4, 0.5) is 11.5 Å². The first-order chi connectivity index (χ1) is 19.0. The van der Waals surface area contributed by atoms with E-state index in [9.17, 15) is 4.79 Å². The van der Waals surface area contributed by atoms with E-state index in [-0.39, 0.29) is 17.4 Å². The molecule has 1 aromatic carbocycles. The number of ether oxygens (including phenoxy) is 1. The van der Waals surface area contributed by atoms with E-state index in [4.69, 9.17) is 10.00 Å². The van der Waals surface area contributed by atoms with Crippen LogP contribution in [-0.4, -0.2) is 53.1 Å². The number of aromatic nitrogens is 6. The van der Waals surface area contributed by atoms with E-state index in [2.05, 4.69) is 38.1 Å². The normalized spacial score (nSPS) is 13.9. The molecule has 0 spiro atoms. The van der Waals surface area contributed by atoms with Crippen LogP contribution in [0.3, 0.4) is 0 Å². The van der Waals surface area contributed by atoms with Crippen LogP contribution in [0, 0.1) is 18.3 Å². The number of nitrogens with one attached hydrogen (secondary N) is 1. The van der Waals surface area contributed by atoms with Crippen LogP contribution in [0.5, 0.6) is 11.5 Å². The zero-order valence-corrected chi connectivity index (χ0v) is 21.3. The van der Waals surface area contributed by atoms with Gasteiger partial charge in [-0.1, -0.05) is 6.58 Å². The van der Waals surface area contributed by atoms with Crippen LogP contribution < -0.4 is 10.1 Å². The number of likely N-dealkylation sites (tertiary alicyclic amines) is 1. The number of rotatable bonds is 6. The van der Waals surface area contributed by atoms with Crippen molar-refractivity contribution in [2.45, 2.75) is 25.7 Å². The average molecular weight is 520 g/mol. The van der Waals surface area contributed by atoms with Crippen molar-refractivity contribution >= 4 is 28.6 Å². The standard InChI is InChI=1S/C28H25N9O2/c1-18-13-21(3-4-24(18)39-22-7-11-36-25(14-22)30-16-32-36)34-27-26-23(8-12-37(26)33-17-31-27)20-5-9-35(10-6-20)28(38)19(2)15-29/h3-4,7-8,11-14,16-17,20H,2,5-6,9-10H2,1H3,(H,31,33,34). The van der Waals surface area contributed by atoms with Crippen molar-refractivity contribution in [2.24, 2.45) is 0 Å². The van der Waals surface area contributed by atoms with Crippen LogP contribution in [0.25, 0.3) is 11.2 Å². The summed E-state index contributed by atoms with van der Waals surface area (Å²) in [6.07, 6.45) is 8.33. The van der Waals surface area contributed by atoms with Gasteiger partial charge < -0.3 is 15.0 Å². The first-order valence-electron chi connectivity index (χ1n) is 12.6. The van der Waals surface area contributed by atoms with Crippen molar-refractivity contribution in [1.82, 2.24) is 34.1 Å². The number of carbonyl (C=O) groups excluding carboxylic acids is 1. The highest BCUT2D eigenvalue weighted by Gasteiger charge is 2.27. The van der Waals surface area contributed by atoms with Gasteiger partial charge in [0.1, 0.15) is 41.3 Å². The first-order valence-corrected chi connectivity index (χ1v) is 12.6. The van der Waals surface area contributed by atoms with Crippen LogP contribution in [-0.2, 0) is 4.79 Å². The Morgan fingerprint density at radius 3 is 2.64 bits per heavy atom. The van der Waals surface area contributed by atoms with Crippen molar-refractivity contribution in [3.05, 3.63) is 84.7 Å². The number of anilines is 2. The van der Waals surface area contributed by atoms with Gasteiger partial charge in [0.25, 0.3) is 5.91 Å². The number of pyridine rings is 1. The van der Waals surface area contributed by atoms with Gasteiger partial charge in [-0.25, -0.2) is 19.0 Å². The number of fused-ring (bicyclic) bond motifs is 2. The molecule has 11 heteroatoms. The van der Waals surface area contributed by atoms with Crippen LogP contribution in [0.2, 0.25) is 0 Å². The van der Waals surface area contributed by atoms with Crippen LogP contribution in [0.15, 0.2) is 73.6 Å². The lowest BCUT2D eigenvalue weighted by molar-refractivity contribution is -0.127. The molecule has 0 atom stereocenters. The Morgan fingerprint density at radius 2 is 1.85 bits per heavy atom. The number of hydrogen-bond acceptors (Lipinski definition) is 8. The number of hydrogen-bond donors (Lipinski definition) is 1. The largest absolute Gasteiger partial charge is 0.457 e. The van der Waals surface area contributed by atoms with Gasteiger partial charge in [0, 0.05) is 37.2 Å². The third-order valence-corrected chi connectivity index (χ3v) is 7.02. The molecule has 1 aliphatic rings. The Morgan fingerprint density at radius 1 is 1.08 bits per heavy atom. The van der Waals surface area contributed by atoms with Gasteiger partial charge in [0.2, 0.25) is 0 Å². The summed E-state index contributed by atoms with van der Waals surface area (Å²) in [6, 6.07) is 13.5. The second kappa shape index (κ2) is 9.90. The Kier molecular flexibility index (Phi) is 6.13. The lowest BCUT2D eigenvalue weighted by Gasteiger charge is -2.31. The molecule has 11 nitrogen and oxygen atoms in total. The Hall–Kier alpha value is -5.24. The maximum atomic E-state index is 12.3. The van der Waals surface area contributed by atoms with Gasteiger partial charge in [-0.3, -0.25) is 4.79 Å². The quantitative estimate of drug-likeness (QED) is 0.258.